The smallest absolute Gasteiger partial charge is 0.303 e. The van der Waals surface area contributed by atoms with Gasteiger partial charge >= 0.3 is 5.97 Å². The first kappa shape index (κ1) is 11.1. The highest BCUT2D eigenvalue weighted by atomic mass is 16.5. The molecule has 0 bridgehead atoms. The van der Waals surface area contributed by atoms with Crippen LogP contribution in [0.4, 0.5) is 0 Å². The molecule has 86 valence electrons. The zero-order valence-electron chi connectivity index (χ0n) is 9.19. The fourth-order valence-corrected chi connectivity index (χ4v) is 2.17. The number of carboxylic acids is 1. The molecule has 0 aliphatic carbocycles. The first-order chi connectivity index (χ1) is 7.73. The number of carboxylic acid groups (broad SMARTS) is 1. The highest BCUT2D eigenvalue weighted by molar-refractivity contribution is 5.66. The number of rotatable bonds is 5. The van der Waals surface area contributed by atoms with Crippen molar-refractivity contribution < 1.29 is 14.6 Å². The van der Waals surface area contributed by atoms with Crippen molar-refractivity contribution in [3.63, 3.8) is 0 Å². The summed E-state index contributed by atoms with van der Waals surface area (Å²) in [5.74, 6) is -0.719. The maximum Gasteiger partial charge on any atom is 0.303 e. The Morgan fingerprint density at radius 3 is 2.50 bits per heavy atom. The lowest BCUT2D eigenvalue weighted by Gasteiger charge is -2.42. The molecule has 16 heavy (non-hydrogen) atoms. The second-order valence-electron chi connectivity index (χ2n) is 4.39. The molecule has 1 aromatic rings. The lowest BCUT2D eigenvalue weighted by molar-refractivity contribution is -0.137. The molecular weight excluding hydrogens is 204 g/mol. The van der Waals surface area contributed by atoms with Gasteiger partial charge in [-0.25, -0.2) is 0 Å². The second-order valence-corrected chi connectivity index (χ2v) is 4.39. The summed E-state index contributed by atoms with van der Waals surface area (Å²) in [4.78, 5) is 10.5. The van der Waals surface area contributed by atoms with Crippen molar-refractivity contribution in [2.45, 2.75) is 24.7 Å². The number of ether oxygens (including phenoxy) is 1. The van der Waals surface area contributed by atoms with E-state index in [0.717, 1.165) is 19.6 Å². The van der Waals surface area contributed by atoms with E-state index in [1.807, 2.05) is 18.2 Å². The zero-order valence-corrected chi connectivity index (χ0v) is 9.19. The van der Waals surface area contributed by atoms with Crippen LogP contribution in [0.1, 0.15) is 24.8 Å². The third kappa shape index (κ3) is 2.25. The van der Waals surface area contributed by atoms with Crippen LogP contribution in [0.25, 0.3) is 0 Å². The van der Waals surface area contributed by atoms with Gasteiger partial charge in [0.1, 0.15) is 0 Å². The van der Waals surface area contributed by atoms with E-state index >= 15 is 0 Å². The standard InChI is InChI=1S/C13H16O3/c14-12(15)7-4-8-13(9-16-10-13)11-5-2-1-3-6-11/h1-3,5-6H,4,7-10H2,(H,14,15). The van der Waals surface area contributed by atoms with Crippen LogP contribution in [0.5, 0.6) is 0 Å². The summed E-state index contributed by atoms with van der Waals surface area (Å²) in [6, 6.07) is 10.2. The molecule has 0 amide bonds. The summed E-state index contributed by atoms with van der Waals surface area (Å²) in [5, 5.41) is 8.64. The van der Waals surface area contributed by atoms with Gasteiger partial charge in [0.15, 0.2) is 0 Å². The minimum absolute atomic E-state index is 0.0662. The number of benzene rings is 1. The van der Waals surface area contributed by atoms with Crippen LogP contribution in [0.15, 0.2) is 30.3 Å². The Morgan fingerprint density at radius 1 is 1.31 bits per heavy atom. The van der Waals surface area contributed by atoms with Gasteiger partial charge in [-0.15, -0.1) is 0 Å². The van der Waals surface area contributed by atoms with Gasteiger partial charge in [0.05, 0.1) is 13.2 Å². The third-order valence-corrected chi connectivity index (χ3v) is 3.19. The van der Waals surface area contributed by atoms with Crippen LogP contribution in [-0.2, 0) is 14.9 Å². The lowest BCUT2D eigenvalue weighted by atomic mass is 9.75. The normalized spacial score (nSPS) is 17.8. The Morgan fingerprint density at radius 2 is 2.00 bits per heavy atom. The molecule has 1 saturated heterocycles. The van der Waals surface area contributed by atoms with Crippen LogP contribution in [0, 0.1) is 0 Å². The van der Waals surface area contributed by atoms with Crippen molar-refractivity contribution >= 4 is 5.97 Å². The summed E-state index contributed by atoms with van der Waals surface area (Å²) in [6.07, 6.45) is 1.85. The third-order valence-electron chi connectivity index (χ3n) is 3.19. The Bertz CT molecular complexity index is 355. The van der Waals surface area contributed by atoms with Gasteiger partial charge in [0, 0.05) is 11.8 Å². The van der Waals surface area contributed by atoms with Gasteiger partial charge in [-0.3, -0.25) is 4.79 Å². The predicted molar refractivity (Wildman–Crippen MR) is 60.4 cm³/mol. The van der Waals surface area contributed by atoms with E-state index in [2.05, 4.69) is 12.1 Å². The maximum absolute atomic E-state index is 10.5. The largest absolute Gasteiger partial charge is 0.481 e. The molecule has 1 heterocycles. The van der Waals surface area contributed by atoms with E-state index in [4.69, 9.17) is 9.84 Å². The molecule has 1 N–H and O–H groups in total. The molecule has 1 aliphatic rings. The summed E-state index contributed by atoms with van der Waals surface area (Å²) in [7, 11) is 0. The van der Waals surface area contributed by atoms with Crippen molar-refractivity contribution in [1.82, 2.24) is 0 Å². The number of hydrogen-bond donors (Lipinski definition) is 1. The maximum atomic E-state index is 10.5. The predicted octanol–water partition coefficient (Wildman–Crippen LogP) is 2.21. The molecule has 0 radical (unpaired) electrons. The van der Waals surface area contributed by atoms with E-state index in [9.17, 15) is 4.79 Å². The van der Waals surface area contributed by atoms with E-state index in [-0.39, 0.29) is 11.8 Å². The molecule has 1 aliphatic heterocycles. The van der Waals surface area contributed by atoms with Crippen molar-refractivity contribution in [3.05, 3.63) is 35.9 Å². The van der Waals surface area contributed by atoms with Crippen LogP contribution in [0.3, 0.4) is 0 Å². The van der Waals surface area contributed by atoms with Crippen LogP contribution in [-0.4, -0.2) is 24.3 Å². The quantitative estimate of drug-likeness (QED) is 0.827. The summed E-state index contributed by atoms with van der Waals surface area (Å²) in [5.41, 5.74) is 1.34. The molecule has 0 unspecified atom stereocenters. The van der Waals surface area contributed by atoms with E-state index < -0.39 is 5.97 Å². The van der Waals surface area contributed by atoms with Gasteiger partial charge < -0.3 is 9.84 Å². The van der Waals surface area contributed by atoms with Crippen molar-refractivity contribution in [1.29, 1.82) is 0 Å². The first-order valence-corrected chi connectivity index (χ1v) is 5.58. The van der Waals surface area contributed by atoms with Crippen LogP contribution in [0.2, 0.25) is 0 Å². The summed E-state index contributed by atoms with van der Waals surface area (Å²) in [6.45, 7) is 1.44. The van der Waals surface area contributed by atoms with Crippen molar-refractivity contribution in [3.8, 4) is 0 Å². The molecule has 0 atom stereocenters. The van der Waals surface area contributed by atoms with Crippen LogP contribution >= 0.6 is 0 Å². The average Bonchev–Trinajstić information content (AvgIpc) is 2.23. The van der Waals surface area contributed by atoms with E-state index in [1.165, 1.54) is 5.56 Å². The lowest BCUT2D eigenvalue weighted by Crippen LogP contribution is -2.46. The first-order valence-electron chi connectivity index (χ1n) is 5.58. The highest BCUT2D eigenvalue weighted by Crippen LogP contribution is 2.36. The molecule has 3 heteroatoms. The number of carbonyl (C=O) groups is 1. The van der Waals surface area contributed by atoms with Gasteiger partial charge in [-0.1, -0.05) is 30.3 Å². The van der Waals surface area contributed by atoms with Gasteiger partial charge in [-0.05, 0) is 18.4 Å². The molecule has 1 aromatic carbocycles. The molecule has 1 fully saturated rings. The SMILES string of the molecule is O=C(O)CCCC1(c2ccccc2)COC1. The second kappa shape index (κ2) is 4.66. The Hall–Kier alpha value is -1.35. The summed E-state index contributed by atoms with van der Waals surface area (Å²) < 4.78 is 5.30. The van der Waals surface area contributed by atoms with Crippen LogP contribution < -0.4 is 0 Å². The monoisotopic (exact) mass is 220 g/mol. The van der Waals surface area contributed by atoms with E-state index in [1.54, 1.807) is 0 Å². The van der Waals surface area contributed by atoms with Crippen molar-refractivity contribution in [2.24, 2.45) is 0 Å². The van der Waals surface area contributed by atoms with E-state index in [0.29, 0.717) is 6.42 Å². The average molecular weight is 220 g/mol. The Labute approximate surface area is 95.0 Å². The fraction of sp³-hybridized carbons (Fsp3) is 0.462. The fourth-order valence-electron chi connectivity index (χ4n) is 2.17. The Kier molecular flexibility index (Phi) is 3.25. The van der Waals surface area contributed by atoms with Gasteiger partial charge in [0.2, 0.25) is 0 Å². The zero-order chi connectivity index (χ0) is 11.4. The topological polar surface area (TPSA) is 46.5 Å². The highest BCUT2D eigenvalue weighted by Gasteiger charge is 2.39. The molecule has 2 rings (SSSR count). The minimum atomic E-state index is -0.719. The number of aliphatic carboxylic acids is 1. The molecular formula is C13H16O3. The summed E-state index contributed by atoms with van der Waals surface area (Å²) >= 11 is 0. The molecule has 0 saturated carbocycles. The molecule has 0 aromatic heterocycles. The van der Waals surface area contributed by atoms with Gasteiger partial charge in [0.25, 0.3) is 0 Å². The Balaban J connectivity index is 2.00. The molecule has 3 nitrogen and oxygen atoms in total. The minimum Gasteiger partial charge on any atom is -0.481 e. The van der Waals surface area contributed by atoms with Gasteiger partial charge in [-0.2, -0.15) is 0 Å². The molecule has 0 spiro atoms. The number of hydrogen-bond acceptors (Lipinski definition) is 2. The van der Waals surface area contributed by atoms with Crippen molar-refractivity contribution in [2.75, 3.05) is 13.2 Å².